The lowest BCUT2D eigenvalue weighted by atomic mass is 9.90. The molecule has 80 valence electrons. The zero-order chi connectivity index (χ0) is 11.3. The molecular weight excluding hydrogens is 184 g/mol. The third kappa shape index (κ3) is 3.60. The van der Waals surface area contributed by atoms with E-state index < -0.39 is 17.9 Å². The molecule has 0 spiro atoms. The van der Waals surface area contributed by atoms with E-state index in [2.05, 4.69) is 0 Å². The van der Waals surface area contributed by atoms with Crippen molar-refractivity contribution in [3.05, 3.63) is 11.6 Å². The summed E-state index contributed by atoms with van der Waals surface area (Å²) in [6, 6.07) is 0. The van der Waals surface area contributed by atoms with E-state index in [1.54, 1.807) is 6.92 Å². The minimum atomic E-state index is -1.15. The monoisotopic (exact) mass is 200 g/mol. The molecular formula is C10H16O4. The molecule has 14 heavy (non-hydrogen) atoms. The van der Waals surface area contributed by atoms with Gasteiger partial charge in [-0.15, -0.1) is 0 Å². The second-order valence-corrected chi connectivity index (χ2v) is 3.57. The lowest BCUT2D eigenvalue weighted by Crippen LogP contribution is -2.22. The highest BCUT2D eigenvalue weighted by molar-refractivity contribution is 5.93. The fourth-order valence-electron chi connectivity index (χ4n) is 1.31. The van der Waals surface area contributed by atoms with Crippen molar-refractivity contribution in [2.24, 2.45) is 11.8 Å². The summed E-state index contributed by atoms with van der Waals surface area (Å²) in [4.78, 5) is 21.6. The Morgan fingerprint density at radius 1 is 1.29 bits per heavy atom. The molecule has 0 amide bonds. The molecule has 0 aliphatic rings. The van der Waals surface area contributed by atoms with Gasteiger partial charge in [-0.05, 0) is 19.3 Å². The molecule has 0 rings (SSSR count). The van der Waals surface area contributed by atoms with Gasteiger partial charge in [0.25, 0.3) is 0 Å². The number of carboxylic acid groups (broad SMARTS) is 2. The number of aliphatic carboxylic acids is 2. The Balaban J connectivity index is 4.81. The van der Waals surface area contributed by atoms with Gasteiger partial charge in [0.2, 0.25) is 0 Å². The van der Waals surface area contributed by atoms with Crippen molar-refractivity contribution in [2.75, 3.05) is 0 Å². The van der Waals surface area contributed by atoms with Crippen LogP contribution >= 0.6 is 0 Å². The van der Waals surface area contributed by atoms with E-state index in [0.717, 1.165) is 0 Å². The van der Waals surface area contributed by atoms with Gasteiger partial charge in [0.05, 0.1) is 5.92 Å². The predicted octanol–water partition coefficient (Wildman–Crippen LogP) is 1.76. The van der Waals surface area contributed by atoms with E-state index in [1.165, 1.54) is 6.08 Å². The van der Waals surface area contributed by atoms with Gasteiger partial charge < -0.3 is 10.2 Å². The maximum atomic E-state index is 10.8. The van der Waals surface area contributed by atoms with Gasteiger partial charge >= 0.3 is 11.9 Å². The molecule has 1 atom stereocenters. The molecule has 0 saturated heterocycles. The molecule has 0 aromatic carbocycles. The van der Waals surface area contributed by atoms with Crippen LogP contribution in [0.4, 0.5) is 0 Å². The van der Waals surface area contributed by atoms with E-state index >= 15 is 0 Å². The summed E-state index contributed by atoms with van der Waals surface area (Å²) in [5, 5.41) is 17.6. The van der Waals surface area contributed by atoms with Crippen molar-refractivity contribution < 1.29 is 19.8 Å². The summed E-state index contributed by atoms with van der Waals surface area (Å²) < 4.78 is 0. The Morgan fingerprint density at radius 2 is 1.79 bits per heavy atom. The minimum absolute atomic E-state index is 0.0359. The lowest BCUT2D eigenvalue weighted by molar-refractivity contribution is -0.144. The summed E-state index contributed by atoms with van der Waals surface area (Å²) in [5.74, 6) is -2.97. The van der Waals surface area contributed by atoms with Gasteiger partial charge in [-0.2, -0.15) is 0 Å². The fraction of sp³-hybridized carbons (Fsp3) is 0.600. The number of rotatable bonds is 5. The van der Waals surface area contributed by atoms with Crippen LogP contribution < -0.4 is 0 Å². The molecule has 0 radical (unpaired) electrons. The maximum Gasteiger partial charge on any atom is 0.332 e. The average Bonchev–Trinajstić information content (AvgIpc) is 2.02. The second-order valence-electron chi connectivity index (χ2n) is 3.57. The molecule has 0 bridgehead atoms. The number of allylic oxidation sites excluding steroid dienone is 1. The van der Waals surface area contributed by atoms with Crippen LogP contribution in [0.25, 0.3) is 0 Å². The molecule has 4 heteroatoms. The zero-order valence-electron chi connectivity index (χ0n) is 8.65. The van der Waals surface area contributed by atoms with Crippen molar-refractivity contribution in [3.8, 4) is 0 Å². The Morgan fingerprint density at radius 3 is 2.00 bits per heavy atom. The van der Waals surface area contributed by atoms with Crippen LogP contribution in [-0.2, 0) is 9.59 Å². The van der Waals surface area contributed by atoms with Crippen molar-refractivity contribution in [1.29, 1.82) is 0 Å². The van der Waals surface area contributed by atoms with E-state index in [4.69, 9.17) is 10.2 Å². The normalized spacial score (nSPS) is 14.1. The summed E-state index contributed by atoms with van der Waals surface area (Å²) in [7, 11) is 0. The topological polar surface area (TPSA) is 74.6 Å². The fourth-order valence-corrected chi connectivity index (χ4v) is 1.31. The van der Waals surface area contributed by atoms with E-state index in [-0.39, 0.29) is 11.5 Å². The van der Waals surface area contributed by atoms with Crippen LogP contribution in [0.3, 0.4) is 0 Å². The Hall–Kier alpha value is -1.32. The van der Waals surface area contributed by atoms with Crippen LogP contribution in [0.15, 0.2) is 11.6 Å². The van der Waals surface area contributed by atoms with Crippen molar-refractivity contribution >= 4 is 11.9 Å². The van der Waals surface area contributed by atoms with Gasteiger partial charge in [-0.25, -0.2) is 4.79 Å². The minimum Gasteiger partial charge on any atom is -0.481 e. The van der Waals surface area contributed by atoms with E-state index in [1.807, 2.05) is 13.8 Å². The number of hydrogen-bond acceptors (Lipinski definition) is 2. The van der Waals surface area contributed by atoms with Crippen molar-refractivity contribution in [2.45, 2.75) is 27.2 Å². The quantitative estimate of drug-likeness (QED) is 0.663. The first kappa shape index (κ1) is 12.7. The second kappa shape index (κ2) is 5.42. The van der Waals surface area contributed by atoms with Crippen LogP contribution in [0, 0.1) is 11.8 Å². The first-order chi connectivity index (χ1) is 6.40. The van der Waals surface area contributed by atoms with Gasteiger partial charge in [-0.1, -0.05) is 19.9 Å². The molecule has 2 N–H and O–H groups in total. The summed E-state index contributed by atoms with van der Waals surface area (Å²) in [5.41, 5.74) is -0.0359. The smallest absolute Gasteiger partial charge is 0.332 e. The molecule has 0 aliphatic heterocycles. The first-order valence-corrected chi connectivity index (χ1v) is 4.52. The first-order valence-electron chi connectivity index (χ1n) is 4.52. The molecule has 1 unspecified atom stereocenters. The maximum absolute atomic E-state index is 10.8. The van der Waals surface area contributed by atoms with Gasteiger partial charge in [-0.3, -0.25) is 4.79 Å². The van der Waals surface area contributed by atoms with Gasteiger partial charge in [0, 0.05) is 5.57 Å². The number of carbonyl (C=O) groups is 2. The third-order valence-corrected chi connectivity index (χ3v) is 1.94. The molecule has 0 fully saturated rings. The highest BCUT2D eigenvalue weighted by Crippen LogP contribution is 2.20. The van der Waals surface area contributed by atoms with Crippen LogP contribution in [0.5, 0.6) is 0 Å². The predicted molar refractivity (Wildman–Crippen MR) is 52.0 cm³/mol. The third-order valence-electron chi connectivity index (χ3n) is 1.94. The molecule has 4 nitrogen and oxygen atoms in total. The summed E-state index contributed by atoms with van der Waals surface area (Å²) in [6.45, 7) is 5.27. The Bertz CT molecular complexity index is 253. The van der Waals surface area contributed by atoms with E-state index in [0.29, 0.717) is 6.42 Å². The number of carboxylic acids is 2. The largest absolute Gasteiger partial charge is 0.481 e. The molecule has 0 saturated carbocycles. The summed E-state index contributed by atoms with van der Waals surface area (Å²) in [6.07, 6.45) is 1.70. The lowest BCUT2D eigenvalue weighted by Gasteiger charge is -2.14. The van der Waals surface area contributed by atoms with Crippen LogP contribution in [0.1, 0.15) is 27.2 Å². The Labute approximate surface area is 83.2 Å². The van der Waals surface area contributed by atoms with E-state index in [9.17, 15) is 9.59 Å². The summed E-state index contributed by atoms with van der Waals surface area (Å²) >= 11 is 0. The number of hydrogen-bond donors (Lipinski definition) is 2. The molecule has 0 aliphatic carbocycles. The average molecular weight is 200 g/mol. The Kier molecular flexibility index (Phi) is 4.91. The van der Waals surface area contributed by atoms with Crippen molar-refractivity contribution in [1.82, 2.24) is 0 Å². The molecule has 0 aromatic heterocycles. The van der Waals surface area contributed by atoms with Gasteiger partial charge in [0.15, 0.2) is 0 Å². The molecule has 0 aromatic rings. The highest BCUT2D eigenvalue weighted by atomic mass is 16.4. The zero-order valence-corrected chi connectivity index (χ0v) is 8.65. The van der Waals surface area contributed by atoms with Crippen LogP contribution in [-0.4, -0.2) is 22.2 Å². The molecule has 0 heterocycles. The van der Waals surface area contributed by atoms with Gasteiger partial charge in [0.1, 0.15) is 0 Å². The van der Waals surface area contributed by atoms with Crippen LogP contribution in [0.2, 0.25) is 0 Å². The highest BCUT2D eigenvalue weighted by Gasteiger charge is 2.27. The standard InChI is InChI=1S/C10H16O4/c1-4-7(9(11)12)8(10(13)14)5-6(2)3/h4,6,8H,5H2,1-3H3,(H,11,12)(H,13,14). The van der Waals surface area contributed by atoms with Crippen molar-refractivity contribution in [3.63, 3.8) is 0 Å². The SMILES string of the molecule is CC=C(C(=O)O)C(CC(C)C)C(=O)O.